The average molecular weight is 413 g/mol. The number of thiophene rings is 1. The van der Waals surface area contributed by atoms with E-state index >= 15 is 0 Å². The van der Waals surface area contributed by atoms with Crippen molar-refractivity contribution >= 4 is 39.0 Å². The number of aromatic carboxylic acids is 1. The van der Waals surface area contributed by atoms with Gasteiger partial charge < -0.3 is 14.7 Å². The summed E-state index contributed by atoms with van der Waals surface area (Å²) < 4.78 is 18.8. The summed E-state index contributed by atoms with van der Waals surface area (Å²) in [4.78, 5) is 24.1. The summed E-state index contributed by atoms with van der Waals surface area (Å²) in [5.41, 5.74) is 2.74. The molecular formula is C21H20FN3O3S. The Morgan fingerprint density at radius 2 is 1.97 bits per heavy atom. The van der Waals surface area contributed by atoms with E-state index in [0.717, 1.165) is 34.0 Å². The van der Waals surface area contributed by atoms with Crippen LogP contribution < -0.4 is 0 Å². The van der Waals surface area contributed by atoms with Crippen molar-refractivity contribution in [3.63, 3.8) is 0 Å². The van der Waals surface area contributed by atoms with Gasteiger partial charge in [-0.3, -0.25) is 0 Å². The number of ether oxygens (including phenoxy) is 1. The Kier molecular flexibility index (Phi) is 5.29. The summed E-state index contributed by atoms with van der Waals surface area (Å²) in [7, 11) is 0. The number of benzene rings is 1. The smallest absolute Gasteiger partial charge is 0.348 e. The lowest BCUT2D eigenvalue weighted by atomic mass is 10.0. The molecule has 29 heavy (non-hydrogen) atoms. The fourth-order valence-corrected chi connectivity index (χ4v) is 4.46. The summed E-state index contributed by atoms with van der Waals surface area (Å²) in [5.74, 6) is -0.626. The van der Waals surface area contributed by atoms with Gasteiger partial charge in [-0.25, -0.2) is 19.2 Å². The van der Waals surface area contributed by atoms with Crippen molar-refractivity contribution in [2.75, 3.05) is 26.3 Å². The normalized spacial score (nSPS) is 15.1. The number of hydrogen-bond donors (Lipinski definition) is 1. The van der Waals surface area contributed by atoms with Gasteiger partial charge in [0.15, 0.2) is 0 Å². The average Bonchev–Trinajstić information content (AvgIpc) is 3.07. The van der Waals surface area contributed by atoms with Crippen LogP contribution in [0.5, 0.6) is 0 Å². The van der Waals surface area contributed by atoms with Crippen LogP contribution in [0.2, 0.25) is 0 Å². The Morgan fingerprint density at radius 1 is 1.28 bits per heavy atom. The van der Waals surface area contributed by atoms with Crippen LogP contribution in [0, 0.1) is 12.7 Å². The number of aromatic nitrogens is 1. The van der Waals surface area contributed by atoms with Crippen molar-refractivity contribution in [3.05, 3.63) is 46.7 Å². The number of amidine groups is 1. The van der Waals surface area contributed by atoms with Gasteiger partial charge in [0.05, 0.1) is 13.2 Å². The van der Waals surface area contributed by atoms with Crippen molar-refractivity contribution in [2.24, 2.45) is 4.99 Å². The van der Waals surface area contributed by atoms with Crippen LogP contribution in [0.1, 0.15) is 22.3 Å². The number of carbonyl (C=O) groups is 1. The number of halogens is 1. The van der Waals surface area contributed by atoms with Gasteiger partial charge in [-0.05, 0) is 43.2 Å². The number of rotatable bonds is 3. The highest BCUT2D eigenvalue weighted by molar-refractivity contribution is 7.21. The third-order valence-electron chi connectivity index (χ3n) is 4.86. The SMILES string of the molecule is CC(=Nc1c(C(=O)O)sc2nc(C)cc(-c3ccc(F)cc3)c12)N1CCOCC1. The van der Waals surface area contributed by atoms with E-state index in [1.165, 1.54) is 12.1 Å². The Morgan fingerprint density at radius 3 is 2.62 bits per heavy atom. The molecule has 0 amide bonds. The number of pyridine rings is 1. The molecule has 1 aliphatic rings. The monoisotopic (exact) mass is 413 g/mol. The number of carboxylic acid groups (broad SMARTS) is 1. The summed E-state index contributed by atoms with van der Waals surface area (Å²) in [6.45, 7) is 6.38. The first kappa shape index (κ1) is 19.5. The third-order valence-corrected chi connectivity index (χ3v) is 5.92. The molecule has 1 aromatic carbocycles. The maximum Gasteiger partial charge on any atom is 0.348 e. The second-order valence-corrected chi connectivity index (χ2v) is 7.84. The minimum Gasteiger partial charge on any atom is -0.477 e. The predicted octanol–water partition coefficient (Wildman–Crippen LogP) is 4.49. The van der Waals surface area contributed by atoms with Crippen LogP contribution in [0.4, 0.5) is 10.1 Å². The van der Waals surface area contributed by atoms with Crippen LogP contribution in [-0.2, 0) is 4.74 Å². The lowest BCUT2D eigenvalue weighted by Gasteiger charge is -2.28. The first-order valence-electron chi connectivity index (χ1n) is 9.25. The fourth-order valence-electron chi connectivity index (χ4n) is 3.43. The number of carboxylic acids is 1. The Labute approximate surface area is 171 Å². The number of fused-ring (bicyclic) bond motifs is 1. The molecule has 3 heterocycles. The quantitative estimate of drug-likeness (QED) is 0.506. The number of nitrogens with zero attached hydrogens (tertiary/aromatic N) is 3. The van der Waals surface area contributed by atoms with Crippen LogP contribution in [-0.4, -0.2) is 53.1 Å². The molecular weight excluding hydrogens is 393 g/mol. The Balaban J connectivity index is 1.95. The molecule has 0 saturated carbocycles. The van der Waals surface area contributed by atoms with Gasteiger partial charge in [-0.2, -0.15) is 0 Å². The van der Waals surface area contributed by atoms with Gasteiger partial charge in [-0.15, -0.1) is 11.3 Å². The maximum atomic E-state index is 13.4. The predicted molar refractivity (Wildman–Crippen MR) is 112 cm³/mol. The Bertz CT molecular complexity index is 1100. The van der Waals surface area contributed by atoms with E-state index in [4.69, 9.17) is 9.73 Å². The van der Waals surface area contributed by atoms with Crippen molar-refractivity contribution in [3.8, 4) is 11.1 Å². The van der Waals surface area contributed by atoms with Crippen molar-refractivity contribution in [2.45, 2.75) is 13.8 Å². The molecule has 1 aliphatic heterocycles. The van der Waals surface area contributed by atoms with Crippen LogP contribution in [0.15, 0.2) is 35.3 Å². The Hall–Kier alpha value is -2.84. The summed E-state index contributed by atoms with van der Waals surface area (Å²) in [6.07, 6.45) is 0. The molecule has 0 aliphatic carbocycles. The van der Waals surface area contributed by atoms with Gasteiger partial charge in [0.1, 0.15) is 27.0 Å². The molecule has 3 aromatic rings. The molecule has 0 bridgehead atoms. The molecule has 1 fully saturated rings. The molecule has 0 spiro atoms. The van der Waals surface area contributed by atoms with E-state index in [0.29, 0.717) is 42.2 Å². The number of aliphatic imine (C=N–C) groups is 1. The molecule has 150 valence electrons. The molecule has 8 heteroatoms. The highest BCUT2D eigenvalue weighted by atomic mass is 32.1. The van der Waals surface area contributed by atoms with Gasteiger partial charge in [0.25, 0.3) is 0 Å². The van der Waals surface area contributed by atoms with E-state index in [1.54, 1.807) is 12.1 Å². The maximum absolute atomic E-state index is 13.4. The van der Waals surface area contributed by atoms with Gasteiger partial charge in [0, 0.05) is 24.2 Å². The third kappa shape index (κ3) is 3.86. The lowest BCUT2D eigenvalue weighted by Crippen LogP contribution is -2.39. The van der Waals surface area contributed by atoms with E-state index in [2.05, 4.69) is 9.88 Å². The van der Waals surface area contributed by atoms with E-state index < -0.39 is 5.97 Å². The molecule has 0 unspecified atom stereocenters. The first-order valence-corrected chi connectivity index (χ1v) is 10.1. The summed E-state index contributed by atoms with van der Waals surface area (Å²) in [6, 6.07) is 8.04. The highest BCUT2D eigenvalue weighted by Gasteiger charge is 2.23. The summed E-state index contributed by atoms with van der Waals surface area (Å²) in [5, 5.41) is 10.5. The molecule has 0 radical (unpaired) electrons. The molecule has 1 saturated heterocycles. The minimum atomic E-state index is -1.04. The molecule has 2 aromatic heterocycles. The fraction of sp³-hybridized carbons (Fsp3) is 0.286. The van der Waals surface area contributed by atoms with Crippen molar-refractivity contribution in [1.29, 1.82) is 0 Å². The first-order chi connectivity index (χ1) is 13.9. The second-order valence-electron chi connectivity index (χ2n) is 6.84. The zero-order valence-corrected chi connectivity index (χ0v) is 16.9. The standard InChI is InChI=1S/C21H20FN3O3S/c1-12-11-16(14-3-5-15(22)6-4-14)17-18(19(21(26)27)29-20(17)23-12)24-13(2)25-7-9-28-10-8-25/h3-6,11H,7-10H2,1-2H3,(H,26,27). The molecule has 0 atom stereocenters. The van der Waals surface area contributed by atoms with Crippen LogP contribution in [0.3, 0.4) is 0 Å². The van der Waals surface area contributed by atoms with Crippen LogP contribution >= 0.6 is 11.3 Å². The molecule has 4 rings (SSSR count). The minimum absolute atomic E-state index is 0.147. The number of hydrogen-bond acceptors (Lipinski definition) is 5. The van der Waals surface area contributed by atoms with Crippen molar-refractivity contribution < 1.29 is 19.0 Å². The van der Waals surface area contributed by atoms with Crippen LogP contribution in [0.25, 0.3) is 21.3 Å². The summed E-state index contributed by atoms with van der Waals surface area (Å²) >= 11 is 1.11. The van der Waals surface area contributed by atoms with Crippen molar-refractivity contribution in [1.82, 2.24) is 9.88 Å². The topological polar surface area (TPSA) is 75.0 Å². The number of morpholine rings is 1. The largest absolute Gasteiger partial charge is 0.477 e. The number of aryl methyl sites for hydroxylation is 1. The zero-order chi connectivity index (χ0) is 20.5. The van der Waals surface area contributed by atoms with Gasteiger partial charge in [0.2, 0.25) is 0 Å². The lowest BCUT2D eigenvalue weighted by molar-refractivity contribution is 0.0677. The van der Waals surface area contributed by atoms with Gasteiger partial charge >= 0.3 is 5.97 Å². The van der Waals surface area contributed by atoms with E-state index in [1.807, 2.05) is 19.9 Å². The highest BCUT2D eigenvalue weighted by Crippen LogP contribution is 2.43. The van der Waals surface area contributed by atoms with E-state index in [9.17, 15) is 14.3 Å². The molecule has 6 nitrogen and oxygen atoms in total. The molecule has 1 N–H and O–H groups in total. The zero-order valence-electron chi connectivity index (χ0n) is 16.1. The second kappa shape index (κ2) is 7.88. The van der Waals surface area contributed by atoms with E-state index in [-0.39, 0.29) is 10.7 Å². The van der Waals surface area contributed by atoms with Gasteiger partial charge in [-0.1, -0.05) is 12.1 Å².